The number of thioether (sulfide) groups is 1. The van der Waals surface area contributed by atoms with Gasteiger partial charge >= 0.3 is 0 Å². The van der Waals surface area contributed by atoms with E-state index in [4.69, 9.17) is 9.73 Å². The molecule has 1 fully saturated rings. The molecule has 30 heavy (non-hydrogen) atoms. The summed E-state index contributed by atoms with van der Waals surface area (Å²) in [5.41, 5.74) is 4.87. The number of carbonyl (C=O) groups is 2. The summed E-state index contributed by atoms with van der Waals surface area (Å²) in [7, 11) is 1.60. The van der Waals surface area contributed by atoms with Crippen molar-refractivity contribution in [3.8, 4) is 0 Å². The number of rotatable bonds is 7. The molecule has 0 saturated carbocycles. The van der Waals surface area contributed by atoms with Gasteiger partial charge in [-0.3, -0.25) is 14.5 Å². The molecule has 0 aromatic heterocycles. The largest absolute Gasteiger partial charge is 0.383 e. The number of carbonyl (C=O) groups excluding carboxylic acids is 2. The van der Waals surface area contributed by atoms with Crippen molar-refractivity contribution in [1.29, 1.82) is 0 Å². The summed E-state index contributed by atoms with van der Waals surface area (Å²) < 4.78 is 5.16. The minimum atomic E-state index is -0.503. The van der Waals surface area contributed by atoms with Crippen molar-refractivity contribution in [2.75, 3.05) is 25.6 Å². The van der Waals surface area contributed by atoms with Gasteiger partial charge in [0, 0.05) is 19.2 Å². The first-order chi connectivity index (χ1) is 14.4. The predicted molar refractivity (Wildman–Crippen MR) is 122 cm³/mol. The van der Waals surface area contributed by atoms with Gasteiger partial charge in [-0.25, -0.2) is 4.99 Å². The van der Waals surface area contributed by atoms with Crippen LogP contribution in [0.1, 0.15) is 23.1 Å². The van der Waals surface area contributed by atoms with Crippen molar-refractivity contribution in [2.24, 2.45) is 4.99 Å². The third-order valence-corrected chi connectivity index (χ3v) is 5.99. The van der Waals surface area contributed by atoms with E-state index in [1.54, 1.807) is 12.0 Å². The SMILES string of the molecule is COCCN1C(=O)[C@H](CC(=O)Nc2ccc(C)cc2)SC1=Nc1ccc(C)cc1C. The second-order valence-corrected chi connectivity index (χ2v) is 8.56. The monoisotopic (exact) mass is 425 g/mol. The van der Waals surface area contributed by atoms with Gasteiger partial charge in [0.05, 0.1) is 18.8 Å². The molecule has 1 aliphatic rings. The Morgan fingerprint density at radius 2 is 1.83 bits per heavy atom. The van der Waals surface area contributed by atoms with Gasteiger partial charge in [0.2, 0.25) is 11.8 Å². The van der Waals surface area contributed by atoms with Crippen LogP contribution in [-0.2, 0) is 14.3 Å². The van der Waals surface area contributed by atoms with E-state index in [9.17, 15) is 9.59 Å². The van der Waals surface area contributed by atoms with Crippen LogP contribution in [0, 0.1) is 20.8 Å². The lowest BCUT2D eigenvalue weighted by Crippen LogP contribution is -2.35. The highest BCUT2D eigenvalue weighted by Crippen LogP contribution is 2.32. The van der Waals surface area contributed by atoms with E-state index in [2.05, 4.69) is 11.4 Å². The Morgan fingerprint density at radius 3 is 2.50 bits per heavy atom. The Hall–Kier alpha value is -2.64. The maximum Gasteiger partial charge on any atom is 0.242 e. The average Bonchev–Trinajstić information content (AvgIpc) is 2.98. The fourth-order valence-electron chi connectivity index (χ4n) is 3.16. The zero-order valence-corrected chi connectivity index (χ0v) is 18.6. The fourth-order valence-corrected chi connectivity index (χ4v) is 4.34. The number of methoxy groups -OCH3 is 1. The number of amidine groups is 1. The van der Waals surface area contributed by atoms with Crippen LogP contribution in [0.4, 0.5) is 11.4 Å². The smallest absolute Gasteiger partial charge is 0.242 e. The fraction of sp³-hybridized carbons (Fsp3) is 0.348. The van der Waals surface area contributed by atoms with E-state index in [1.165, 1.54) is 11.8 Å². The second-order valence-electron chi connectivity index (χ2n) is 7.39. The van der Waals surface area contributed by atoms with Gasteiger partial charge < -0.3 is 10.1 Å². The Labute approximate surface area is 181 Å². The van der Waals surface area contributed by atoms with E-state index in [0.29, 0.717) is 18.3 Å². The highest BCUT2D eigenvalue weighted by atomic mass is 32.2. The summed E-state index contributed by atoms with van der Waals surface area (Å²) in [6, 6.07) is 13.6. The highest BCUT2D eigenvalue weighted by Gasteiger charge is 2.39. The number of ether oxygens (including phenoxy) is 1. The Balaban J connectivity index is 1.75. The maximum absolute atomic E-state index is 13.0. The summed E-state index contributed by atoms with van der Waals surface area (Å²) in [5, 5.41) is 2.97. The third-order valence-electron chi connectivity index (χ3n) is 4.81. The molecular weight excluding hydrogens is 398 g/mol. The quantitative estimate of drug-likeness (QED) is 0.721. The molecule has 1 atom stereocenters. The molecule has 1 heterocycles. The number of anilines is 1. The van der Waals surface area contributed by atoms with Gasteiger partial charge in [0.1, 0.15) is 5.25 Å². The first-order valence-corrected chi connectivity index (χ1v) is 10.7. The van der Waals surface area contributed by atoms with Crippen LogP contribution in [0.2, 0.25) is 0 Å². The van der Waals surface area contributed by atoms with Crippen LogP contribution in [0.5, 0.6) is 0 Å². The number of hydrogen-bond donors (Lipinski definition) is 1. The van der Waals surface area contributed by atoms with Crippen LogP contribution in [0.25, 0.3) is 0 Å². The lowest BCUT2D eigenvalue weighted by Gasteiger charge is -2.16. The third kappa shape index (κ3) is 5.49. The summed E-state index contributed by atoms with van der Waals surface area (Å²) in [6.45, 7) is 6.83. The second kappa shape index (κ2) is 9.91. The van der Waals surface area contributed by atoms with Crippen LogP contribution in [0.15, 0.2) is 47.5 Å². The van der Waals surface area contributed by atoms with Gasteiger partial charge in [-0.05, 0) is 44.5 Å². The number of hydrogen-bond acceptors (Lipinski definition) is 5. The van der Waals surface area contributed by atoms with Crippen molar-refractivity contribution in [3.63, 3.8) is 0 Å². The van der Waals surface area contributed by atoms with Gasteiger partial charge in [-0.1, -0.05) is 47.2 Å². The number of nitrogens with zero attached hydrogens (tertiary/aromatic N) is 2. The van der Waals surface area contributed by atoms with Gasteiger partial charge in [0.15, 0.2) is 5.17 Å². The van der Waals surface area contributed by atoms with Crippen molar-refractivity contribution in [3.05, 3.63) is 59.2 Å². The molecule has 0 spiro atoms. The normalized spacial score (nSPS) is 17.6. The van der Waals surface area contributed by atoms with Crippen LogP contribution in [0.3, 0.4) is 0 Å². The molecule has 0 aliphatic carbocycles. The number of benzene rings is 2. The molecule has 2 amide bonds. The number of aryl methyl sites for hydroxylation is 3. The zero-order chi connectivity index (χ0) is 21.7. The molecule has 2 aromatic rings. The number of aliphatic imine (C=N–C) groups is 1. The van der Waals surface area contributed by atoms with E-state index >= 15 is 0 Å². The highest BCUT2D eigenvalue weighted by molar-refractivity contribution is 8.15. The zero-order valence-electron chi connectivity index (χ0n) is 17.8. The summed E-state index contributed by atoms with van der Waals surface area (Å²) in [6.07, 6.45) is 0.0900. The summed E-state index contributed by atoms with van der Waals surface area (Å²) in [4.78, 5) is 31.8. The Kier molecular flexibility index (Phi) is 7.29. The minimum absolute atomic E-state index is 0.0900. The minimum Gasteiger partial charge on any atom is -0.383 e. The molecule has 0 bridgehead atoms. The predicted octanol–water partition coefficient (Wildman–Crippen LogP) is 4.22. The molecule has 7 heteroatoms. The molecule has 0 radical (unpaired) electrons. The van der Waals surface area contributed by atoms with Crippen LogP contribution >= 0.6 is 11.8 Å². The van der Waals surface area contributed by atoms with Crippen LogP contribution < -0.4 is 5.32 Å². The first-order valence-electron chi connectivity index (χ1n) is 9.87. The number of nitrogens with one attached hydrogen (secondary N) is 1. The Bertz CT molecular complexity index is 957. The summed E-state index contributed by atoms with van der Waals surface area (Å²) in [5.74, 6) is -0.302. The molecule has 0 unspecified atom stereocenters. The summed E-state index contributed by atoms with van der Waals surface area (Å²) >= 11 is 1.34. The van der Waals surface area contributed by atoms with Gasteiger partial charge in [0.25, 0.3) is 0 Å². The maximum atomic E-state index is 13.0. The van der Waals surface area contributed by atoms with E-state index in [0.717, 1.165) is 28.1 Å². The van der Waals surface area contributed by atoms with Crippen molar-refractivity contribution >= 4 is 40.1 Å². The lowest BCUT2D eigenvalue weighted by atomic mass is 10.1. The average molecular weight is 426 g/mol. The molecule has 6 nitrogen and oxygen atoms in total. The van der Waals surface area contributed by atoms with Gasteiger partial charge in [-0.15, -0.1) is 0 Å². The van der Waals surface area contributed by atoms with Crippen LogP contribution in [-0.4, -0.2) is 47.4 Å². The van der Waals surface area contributed by atoms with E-state index < -0.39 is 5.25 Å². The molecule has 3 rings (SSSR count). The molecule has 1 N–H and O–H groups in total. The molecule has 1 saturated heterocycles. The molecule has 158 valence electrons. The topological polar surface area (TPSA) is 71.0 Å². The van der Waals surface area contributed by atoms with Crippen molar-refractivity contribution in [1.82, 2.24) is 4.90 Å². The molecular formula is C23H27N3O3S. The lowest BCUT2D eigenvalue weighted by molar-refractivity contribution is -0.128. The Morgan fingerprint density at radius 1 is 1.13 bits per heavy atom. The molecule has 1 aliphatic heterocycles. The van der Waals surface area contributed by atoms with Gasteiger partial charge in [-0.2, -0.15) is 0 Å². The van der Waals surface area contributed by atoms with Crippen molar-refractivity contribution in [2.45, 2.75) is 32.4 Å². The first kappa shape index (κ1) is 22.1. The standard InChI is InChI=1S/C23H27N3O3S/c1-15-5-8-18(9-6-15)24-21(27)14-20-22(28)26(11-12-29-4)23(30-20)25-19-10-7-16(2)13-17(19)3/h5-10,13,20H,11-12,14H2,1-4H3,(H,24,27)/t20-/m0/s1. The number of amides is 2. The van der Waals surface area contributed by atoms with E-state index in [-0.39, 0.29) is 18.2 Å². The molecule has 2 aromatic carbocycles. The van der Waals surface area contributed by atoms with Crippen molar-refractivity contribution < 1.29 is 14.3 Å². The van der Waals surface area contributed by atoms with E-state index in [1.807, 2.05) is 57.2 Å².